The molecule has 1 N–H and O–H groups in total. The van der Waals surface area contributed by atoms with Crippen LogP contribution in [0.25, 0.3) is 5.69 Å². The summed E-state index contributed by atoms with van der Waals surface area (Å²) >= 11 is 5.87. The predicted molar refractivity (Wildman–Crippen MR) is 103 cm³/mol. The van der Waals surface area contributed by atoms with Crippen molar-refractivity contribution in [2.75, 3.05) is 0 Å². The molecule has 0 aliphatic heterocycles. The summed E-state index contributed by atoms with van der Waals surface area (Å²) in [6, 6.07) is 11.4. The number of aromatic hydroxyl groups is 1. The largest absolute Gasteiger partial charge is 0.502 e. The highest BCUT2D eigenvalue weighted by Crippen LogP contribution is 2.32. The molecule has 3 aromatic rings. The summed E-state index contributed by atoms with van der Waals surface area (Å²) in [5, 5.41) is 21.1. The summed E-state index contributed by atoms with van der Waals surface area (Å²) in [6.45, 7) is 1.73. The Hall–Kier alpha value is -3.39. The zero-order valence-corrected chi connectivity index (χ0v) is 15.2. The highest BCUT2D eigenvalue weighted by Gasteiger charge is 2.19. The third-order valence-electron chi connectivity index (χ3n) is 4.14. The van der Waals surface area contributed by atoms with Crippen molar-refractivity contribution in [1.82, 2.24) is 9.36 Å². The van der Waals surface area contributed by atoms with E-state index in [1.165, 1.54) is 17.0 Å². The zero-order valence-electron chi connectivity index (χ0n) is 14.5. The second-order valence-electron chi connectivity index (χ2n) is 5.79. The van der Waals surface area contributed by atoms with Crippen LogP contribution in [0.5, 0.6) is 5.75 Å². The van der Waals surface area contributed by atoms with Crippen LogP contribution in [-0.4, -0.2) is 25.6 Å². The number of phenols is 1. The molecular formula is C18H15ClN4O4. The van der Waals surface area contributed by atoms with Gasteiger partial charge < -0.3 is 5.11 Å². The van der Waals surface area contributed by atoms with E-state index in [4.69, 9.17) is 11.6 Å². The first-order valence-electron chi connectivity index (χ1n) is 7.86. The van der Waals surface area contributed by atoms with Gasteiger partial charge in [0.05, 0.1) is 16.3 Å². The molecule has 0 fully saturated rings. The molecule has 8 nitrogen and oxygen atoms in total. The van der Waals surface area contributed by atoms with Crippen molar-refractivity contribution < 1.29 is 10.0 Å². The average Bonchev–Trinajstić information content (AvgIpc) is 2.85. The Kier molecular flexibility index (Phi) is 4.83. The lowest BCUT2D eigenvalue weighted by molar-refractivity contribution is -0.385. The first-order valence-corrected chi connectivity index (χ1v) is 8.24. The Morgan fingerprint density at radius 2 is 1.93 bits per heavy atom. The van der Waals surface area contributed by atoms with Gasteiger partial charge in [-0.3, -0.25) is 19.6 Å². The first-order chi connectivity index (χ1) is 12.8. The second-order valence-corrected chi connectivity index (χ2v) is 6.22. The normalized spacial score (nSPS) is 11.2. The number of nitro groups is 1. The summed E-state index contributed by atoms with van der Waals surface area (Å²) < 4.78 is 3.12. The van der Waals surface area contributed by atoms with E-state index in [2.05, 4.69) is 4.99 Å². The Morgan fingerprint density at radius 3 is 2.56 bits per heavy atom. The van der Waals surface area contributed by atoms with Crippen LogP contribution in [0, 0.1) is 17.0 Å². The molecule has 0 bridgehead atoms. The predicted octanol–water partition coefficient (Wildman–Crippen LogP) is 3.50. The van der Waals surface area contributed by atoms with Gasteiger partial charge in [-0.25, -0.2) is 9.67 Å². The van der Waals surface area contributed by atoms with Crippen LogP contribution >= 0.6 is 11.6 Å². The van der Waals surface area contributed by atoms with E-state index < -0.39 is 16.4 Å². The Bertz CT molecular complexity index is 1120. The molecule has 0 radical (unpaired) electrons. The number of hydrogen-bond acceptors (Lipinski definition) is 5. The molecule has 27 heavy (non-hydrogen) atoms. The minimum absolute atomic E-state index is 0.0446. The molecule has 2 aromatic carbocycles. The molecule has 0 aliphatic carbocycles. The molecule has 3 rings (SSSR count). The molecule has 1 aromatic heterocycles. The van der Waals surface area contributed by atoms with E-state index in [9.17, 15) is 20.0 Å². The minimum Gasteiger partial charge on any atom is -0.502 e. The fourth-order valence-electron chi connectivity index (χ4n) is 2.68. The Balaban J connectivity index is 2.10. The molecule has 1 heterocycles. The van der Waals surface area contributed by atoms with Crippen molar-refractivity contribution in [1.29, 1.82) is 0 Å². The van der Waals surface area contributed by atoms with Gasteiger partial charge in [0.15, 0.2) is 5.69 Å². The topological polar surface area (TPSA) is 103 Å². The monoisotopic (exact) mass is 386 g/mol. The smallest absolute Gasteiger partial charge is 0.312 e. The number of para-hydroxylation sites is 1. The van der Waals surface area contributed by atoms with E-state index in [1.54, 1.807) is 30.8 Å². The van der Waals surface area contributed by atoms with Gasteiger partial charge in [0.2, 0.25) is 5.75 Å². The number of phenolic OH excluding ortho intramolecular Hbond substituents is 1. The van der Waals surface area contributed by atoms with Crippen LogP contribution in [0.4, 0.5) is 11.4 Å². The fraction of sp³-hybridized carbons (Fsp3) is 0.111. The van der Waals surface area contributed by atoms with Gasteiger partial charge in [0.1, 0.15) is 0 Å². The SMILES string of the molecule is Cc1c(N=Cc2cc(Cl)cc([N+](=O)[O-])c2O)c(=O)n(-c2ccccc2)n1C. The van der Waals surface area contributed by atoms with Crippen molar-refractivity contribution in [3.8, 4) is 11.4 Å². The molecule has 0 amide bonds. The van der Waals surface area contributed by atoms with Gasteiger partial charge >= 0.3 is 5.69 Å². The number of nitrogens with zero attached hydrogens (tertiary/aromatic N) is 4. The average molecular weight is 387 g/mol. The van der Waals surface area contributed by atoms with Crippen molar-refractivity contribution in [3.63, 3.8) is 0 Å². The molecule has 0 saturated carbocycles. The van der Waals surface area contributed by atoms with E-state index in [0.717, 1.165) is 6.07 Å². The van der Waals surface area contributed by atoms with Gasteiger partial charge in [-0.1, -0.05) is 29.8 Å². The summed E-state index contributed by atoms with van der Waals surface area (Å²) in [6.07, 6.45) is 1.19. The molecule has 0 unspecified atom stereocenters. The van der Waals surface area contributed by atoms with Crippen LogP contribution < -0.4 is 5.56 Å². The maximum atomic E-state index is 12.8. The lowest BCUT2D eigenvalue weighted by Crippen LogP contribution is -2.19. The second kappa shape index (κ2) is 7.08. The number of aliphatic imine (C=N–C) groups is 1. The van der Waals surface area contributed by atoms with E-state index in [0.29, 0.717) is 11.4 Å². The van der Waals surface area contributed by atoms with Gasteiger partial charge in [0.25, 0.3) is 5.56 Å². The third kappa shape index (κ3) is 3.34. The molecule has 0 spiro atoms. The lowest BCUT2D eigenvalue weighted by atomic mass is 10.2. The maximum absolute atomic E-state index is 12.8. The molecule has 9 heteroatoms. The summed E-state index contributed by atoms with van der Waals surface area (Å²) in [7, 11) is 1.73. The third-order valence-corrected chi connectivity index (χ3v) is 4.36. The van der Waals surface area contributed by atoms with Crippen LogP contribution in [0.2, 0.25) is 5.02 Å². The van der Waals surface area contributed by atoms with Gasteiger partial charge in [0, 0.05) is 29.9 Å². The van der Waals surface area contributed by atoms with Gasteiger partial charge in [-0.15, -0.1) is 0 Å². The van der Waals surface area contributed by atoms with E-state index >= 15 is 0 Å². The van der Waals surface area contributed by atoms with Crippen molar-refractivity contribution >= 4 is 29.2 Å². The molecule has 138 valence electrons. The van der Waals surface area contributed by atoms with Gasteiger partial charge in [-0.05, 0) is 25.1 Å². The Morgan fingerprint density at radius 1 is 1.26 bits per heavy atom. The lowest BCUT2D eigenvalue weighted by Gasteiger charge is -2.07. The maximum Gasteiger partial charge on any atom is 0.312 e. The quantitative estimate of drug-likeness (QED) is 0.421. The standard InChI is InChI=1S/C18H15ClN4O4/c1-11-16(18(25)22(21(11)2)14-6-4-3-5-7-14)20-10-12-8-13(19)9-15(17(12)24)23(26)27/h3-10,24H,1-2H3. The van der Waals surface area contributed by atoms with Crippen LogP contribution in [-0.2, 0) is 7.05 Å². The number of hydrogen-bond donors (Lipinski definition) is 1. The highest BCUT2D eigenvalue weighted by atomic mass is 35.5. The number of nitro benzene ring substituents is 1. The molecule has 0 saturated heterocycles. The van der Waals surface area contributed by atoms with Crippen LogP contribution in [0.15, 0.2) is 52.3 Å². The molecule has 0 aliphatic rings. The summed E-state index contributed by atoms with van der Waals surface area (Å²) in [5.41, 5.74) is 0.585. The van der Waals surface area contributed by atoms with E-state index in [1.807, 2.05) is 18.2 Å². The van der Waals surface area contributed by atoms with Crippen LogP contribution in [0.1, 0.15) is 11.3 Å². The molecule has 0 atom stereocenters. The Labute approximate surface area is 158 Å². The van der Waals surface area contributed by atoms with Crippen molar-refractivity contribution in [3.05, 3.63) is 79.2 Å². The number of aromatic nitrogens is 2. The minimum atomic E-state index is -0.741. The highest BCUT2D eigenvalue weighted by molar-refractivity contribution is 6.31. The van der Waals surface area contributed by atoms with Crippen molar-refractivity contribution in [2.45, 2.75) is 6.92 Å². The number of rotatable bonds is 4. The van der Waals surface area contributed by atoms with Crippen LogP contribution in [0.3, 0.4) is 0 Å². The van der Waals surface area contributed by atoms with Gasteiger partial charge in [-0.2, -0.15) is 0 Å². The number of benzene rings is 2. The number of halogens is 1. The first kappa shape index (κ1) is 18.4. The van der Waals surface area contributed by atoms with E-state index in [-0.39, 0.29) is 21.8 Å². The fourth-order valence-corrected chi connectivity index (χ4v) is 2.90. The van der Waals surface area contributed by atoms with Crippen molar-refractivity contribution in [2.24, 2.45) is 12.0 Å². The summed E-state index contributed by atoms with van der Waals surface area (Å²) in [4.78, 5) is 27.2. The summed E-state index contributed by atoms with van der Waals surface area (Å²) in [5.74, 6) is -0.565. The molecular weight excluding hydrogens is 372 g/mol. The zero-order chi connectivity index (χ0) is 19.7.